The fourth-order valence-electron chi connectivity index (χ4n) is 2.68. The van der Waals surface area contributed by atoms with Crippen LogP contribution in [0.2, 0.25) is 0 Å². The Morgan fingerprint density at radius 3 is 2.50 bits per heavy atom. The Hall–Kier alpha value is -2.98. The number of phenolic OH excluding ortho intramolecular Hbond substituents is 2. The summed E-state index contributed by atoms with van der Waals surface area (Å²) in [5.41, 5.74) is 0.261. The molecular formula is C16H14O9S. The molecule has 1 aliphatic heterocycles. The van der Waals surface area contributed by atoms with E-state index in [2.05, 4.69) is 4.18 Å². The first-order chi connectivity index (χ1) is 12.2. The fraction of sp³-hybridized carbons (Fsp3) is 0.188. The van der Waals surface area contributed by atoms with E-state index in [0.717, 1.165) is 12.1 Å². The van der Waals surface area contributed by atoms with Crippen molar-refractivity contribution in [3.63, 3.8) is 0 Å². The van der Waals surface area contributed by atoms with Crippen molar-refractivity contribution in [2.45, 2.75) is 12.5 Å². The summed E-state index contributed by atoms with van der Waals surface area (Å²) in [5, 5.41) is 19.6. The number of carbonyl (C=O) groups excluding carboxylic acids is 1. The zero-order chi connectivity index (χ0) is 19.1. The lowest BCUT2D eigenvalue weighted by atomic mass is 9.95. The second-order valence-corrected chi connectivity index (χ2v) is 6.52. The van der Waals surface area contributed by atoms with Crippen molar-refractivity contribution in [2.75, 3.05) is 7.11 Å². The van der Waals surface area contributed by atoms with Gasteiger partial charge in [-0.1, -0.05) is 6.07 Å². The zero-order valence-electron chi connectivity index (χ0n) is 13.4. The number of Topliss-reactive ketones (excluding diaryl/α,β-unsaturated/α-hetero) is 1. The van der Waals surface area contributed by atoms with Gasteiger partial charge in [0.1, 0.15) is 23.2 Å². The van der Waals surface area contributed by atoms with E-state index in [4.69, 9.17) is 14.0 Å². The largest absolute Gasteiger partial charge is 0.508 e. The van der Waals surface area contributed by atoms with E-state index in [0.29, 0.717) is 5.56 Å². The van der Waals surface area contributed by atoms with Crippen LogP contribution in [0.15, 0.2) is 30.3 Å². The van der Waals surface area contributed by atoms with Crippen LogP contribution >= 0.6 is 0 Å². The van der Waals surface area contributed by atoms with Crippen molar-refractivity contribution in [3.05, 3.63) is 41.5 Å². The van der Waals surface area contributed by atoms with E-state index in [-0.39, 0.29) is 29.2 Å². The summed E-state index contributed by atoms with van der Waals surface area (Å²) >= 11 is 0. The molecule has 1 atom stereocenters. The molecule has 0 spiro atoms. The Morgan fingerprint density at radius 2 is 1.88 bits per heavy atom. The summed E-state index contributed by atoms with van der Waals surface area (Å²) in [6, 6.07) is 6.48. The summed E-state index contributed by atoms with van der Waals surface area (Å²) in [5.74, 6) is -1.49. The van der Waals surface area contributed by atoms with E-state index in [1.165, 1.54) is 19.2 Å². The van der Waals surface area contributed by atoms with Crippen molar-refractivity contribution in [1.82, 2.24) is 0 Å². The minimum absolute atomic E-state index is 0.111. The monoisotopic (exact) mass is 382 g/mol. The van der Waals surface area contributed by atoms with E-state index >= 15 is 0 Å². The van der Waals surface area contributed by atoms with E-state index < -0.39 is 33.8 Å². The highest BCUT2D eigenvalue weighted by Gasteiger charge is 2.33. The molecule has 138 valence electrons. The summed E-state index contributed by atoms with van der Waals surface area (Å²) < 4.78 is 45.7. The Balaban J connectivity index is 2.01. The number of hydrogen-bond acceptors (Lipinski definition) is 8. The highest BCUT2D eigenvalue weighted by atomic mass is 32.3. The highest BCUT2D eigenvalue weighted by Crippen LogP contribution is 2.43. The molecule has 26 heavy (non-hydrogen) atoms. The SMILES string of the molecule is COc1ccc([C@@H]2CC(=O)c3c(cc(O)cc3OS(=O)(=O)O)O2)cc1O. The maximum atomic E-state index is 12.5. The Morgan fingerprint density at radius 1 is 1.15 bits per heavy atom. The van der Waals surface area contributed by atoms with Crippen LogP contribution in [0.25, 0.3) is 0 Å². The first kappa shape index (κ1) is 17.8. The molecule has 3 rings (SSSR count). The number of methoxy groups -OCH3 is 1. The van der Waals surface area contributed by atoms with Gasteiger partial charge in [-0.25, -0.2) is 0 Å². The van der Waals surface area contributed by atoms with Crippen LogP contribution in [-0.4, -0.2) is 36.1 Å². The van der Waals surface area contributed by atoms with Gasteiger partial charge in [0.05, 0.1) is 13.5 Å². The second kappa shape index (κ2) is 6.39. The van der Waals surface area contributed by atoms with E-state index in [1.807, 2.05) is 0 Å². The van der Waals surface area contributed by atoms with Gasteiger partial charge in [-0.3, -0.25) is 9.35 Å². The van der Waals surface area contributed by atoms with Crippen LogP contribution in [0.1, 0.15) is 28.4 Å². The molecule has 0 saturated carbocycles. The van der Waals surface area contributed by atoms with Crippen LogP contribution < -0.4 is 13.7 Å². The van der Waals surface area contributed by atoms with Crippen molar-refractivity contribution in [2.24, 2.45) is 0 Å². The van der Waals surface area contributed by atoms with Gasteiger partial charge in [0.2, 0.25) is 0 Å². The normalized spacial score (nSPS) is 16.5. The average molecular weight is 382 g/mol. The molecule has 0 aromatic heterocycles. The Labute approximate surface area is 148 Å². The minimum atomic E-state index is -4.90. The van der Waals surface area contributed by atoms with E-state index in [1.54, 1.807) is 6.07 Å². The predicted octanol–water partition coefficient (Wildman–Crippen LogP) is 1.99. The van der Waals surface area contributed by atoms with Crippen molar-refractivity contribution < 1.29 is 41.6 Å². The lowest BCUT2D eigenvalue weighted by Gasteiger charge is -2.26. The summed E-state index contributed by atoms with van der Waals surface area (Å²) in [6.45, 7) is 0. The molecule has 1 heterocycles. The van der Waals surface area contributed by atoms with Crippen LogP contribution in [-0.2, 0) is 10.4 Å². The van der Waals surface area contributed by atoms with Crippen molar-refractivity contribution in [3.8, 4) is 28.7 Å². The lowest BCUT2D eigenvalue weighted by molar-refractivity contribution is 0.0846. The first-order valence-corrected chi connectivity index (χ1v) is 8.65. The van der Waals surface area contributed by atoms with Gasteiger partial charge in [-0.15, -0.1) is 0 Å². The lowest BCUT2D eigenvalue weighted by Crippen LogP contribution is -2.22. The molecule has 0 amide bonds. The van der Waals surface area contributed by atoms with Gasteiger partial charge in [0.25, 0.3) is 0 Å². The number of hydrogen-bond donors (Lipinski definition) is 3. The van der Waals surface area contributed by atoms with Gasteiger partial charge < -0.3 is 23.9 Å². The van der Waals surface area contributed by atoms with Crippen LogP contribution in [0.3, 0.4) is 0 Å². The van der Waals surface area contributed by atoms with Crippen molar-refractivity contribution >= 4 is 16.2 Å². The molecule has 0 fully saturated rings. The number of rotatable bonds is 4. The number of carbonyl (C=O) groups is 1. The standard InChI is InChI=1S/C16H14O9S/c1-23-12-3-2-8(4-10(12)18)13-7-11(19)16-14(24-13)5-9(17)6-15(16)25-26(20,21)22/h2-6,13,17-18H,7H2,1H3,(H,20,21,22)/t13-/m0/s1. The van der Waals surface area contributed by atoms with Gasteiger partial charge in [0, 0.05) is 12.1 Å². The summed E-state index contributed by atoms with van der Waals surface area (Å²) in [7, 11) is -3.50. The van der Waals surface area contributed by atoms with Gasteiger partial charge in [0.15, 0.2) is 23.0 Å². The zero-order valence-corrected chi connectivity index (χ0v) is 14.2. The molecule has 0 aliphatic carbocycles. The summed E-state index contributed by atoms with van der Waals surface area (Å²) in [6.07, 6.45) is -0.960. The minimum Gasteiger partial charge on any atom is -0.508 e. The molecule has 0 saturated heterocycles. The third-order valence-corrected chi connectivity index (χ3v) is 4.13. The third-order valence-electron chi connectivity index (χ3n) is 3.74. The van der Waals surface area contributed by atoms with Crippen LogP contribution in [0, 0.1) is 0 Å². The number of ketones is 1. The summed E-state index contributed by atoms with van der Waals surface area (Å²) in [4.78, 5) is 12.5. The maximum Gasteiger partial charge on any atom is 0.446 e. The maximum absolute atomic E-state index is 12.5. The van der Waals surface area contributed by atoms with E-state index in [9.17, 15) is 23.4 Å². The van der Waals surface area contributed by atoms with Crippen LogP contribution in [0.5, 0.6) is 28.7 Å². The molecular weight excluding hydrogens is 368 g/mol. The second-order valence-electron chi connectivity index (χ2n) is 5.49. The third kappa shape index (κ3) is 3.51. The quantitative estimate of drug-likeness (QED) is 0.677. The number of benzene rings is 2. The Bertz CT molecular complexity index is 981. The Kier molecular flexibility index (Phi) is 4.38. The molecule has 2 aromatic rings. The highest BCUT2D eigenvalue weighted by molar-refractivity contribution is 7.81. The molecule has 1 aliphatic rings. The predicted molar refractivity (Wildman–Crippen MR) is 87.3 cm³/mol. The van der Waals surface area contributed by atoms with Gasteiger partial charge in [-0.2, -0.15) is 8.42 Å². The molecule has 3 N–H and O–H groups in total. The average Bonchev–Trinajstić information content (AvgIpc) is 2.52. The van der Waals surface area contributed by atoms with Gasteiger partial charge >= 0.3 is 10.4 Å². The number of phenols is 2. The van der Waals surface area contributed by atoms with Gasteiger partial charge in [-0.05, 0) is 17.7 Å². The number of ether oxygens (including phenoxy) is 2. The topological polar surface area (TPSA) is 140 Å². The molecule has 10 heteroatoms. The fourth-order valence-corrected chi connectivity index (χ4v) is 3.04. The van der Waals surface area contributed by atoms with Crippen LogP contribution in [0.4, 0.5) is 0 Å². The number of aromatic hydroxyl groups is 2. The first-order valence-electron chi connectivity index (χ1n) is 7.28. The molecule has 0 bridgehead atoms. The smallest absolute Gasteiger partial charge is 0.446 e. The molecule has 0 radical (unpaired) electrons. The molecule has 0 unspecified atom stereocenters. The molecule has 9 nitrogen and oxygen atoms in total. The van der Waals surface area contributed by atoms with Crippen molar-refractivity contribution in [1.29, 1.82) is 0 Å². The number of fused-ring (bicyclic) bond motifs is 1. The molecule has 2 aromatic carbocycles.